The molecular formula is C26H23F2N7OS. The lowest BCUT2D eigenvalue weighted by Gasteiger charge is -2.14. The Kier molecular flexibility index (Phi) is 6.53. The fraction of sp³-hybridized carbons (Fsp3) is 0.154. The highest BCUT2D eigenvalue weighted by molar-refractivity contribution is 7.15. The number of carbonyl (C=O) groups excluding carboxylic acids is 1. The van der Waals surface area contributed by atoms with Crippen molar-refractivity contribution in [3.8, 4) is 10.4 Å². The van der Waals surface area contributed by atoms with Crippen LogP contribution in [-0.2, 0) is 13.6 Å². The maximum atomic E-state index is 13.6. The predicted octanol–water partition coefficient (Wildman–Crippen LogP) is 5.06. The van der Waals surface area contributed by atoms with Gasteiger partial charge in [0.05, 0.1) is 18.1 Å². The van der Waals surface area contributed by atoms with Crippen LogP contribution in [0, 0.1) is 11.6 Å². The van der Waals surface area contributed by atoms with Gasteiger partial charge in [-0.05, 0) is 54.4 Å². The van der Waals surface area contributed by atoms with Crippen molar-refractivity contribution in [2.75, 3.05) is 11.1 Å². The van der Waals surface area contributed by atoms with Crippen molar-refractivity contribution in [3.05, 3.63) is 88.7 Å². The molecule has 0 fully saturated rings. The van der Waals surface area contributed by atoms with Crippen LogP contribution in [0.3, 0.4) is 0 Å². The number of nitrogens with one attached hydrogen (secondary N) is 2. The molecular weight excluding hydrogens is 496 g/mol. The van der Waals surface area contributed by atoms with Gasteiger partial charge in [0.25, 0.3) is 5.91 Å². The lowest BCUT2D eigenvalue weighted by molar-refractivity contribution is 0.0940. The zero-order valence-corrected chi connectivity index (χ0v) is 20.8. The molecule has 4 N–H and O–H groups in total. The number of carbonyl (C=O) groups is 1. The van der Waals surface area contributed by atoms with Gasteiger partial charge in [0, 0.05) is 28.4 Å². The fourth-order valence-electron chi connectivity index (χ4n) is 3.95. The number of nitrogens with two attached hydrogens (primary N) is 1. The van der Waals surface area contributed by atoms with Crippen molar-refractivity contribution >= 4 is 39.8 Å². The third kappa shape index (κ3) is 5.12. The Balaban J connectivity index is 1.28. The predicted molar refractivity (Wildman–Crippen MR) is 140 cm³/mol. The minimum absolute atomic E-state index is 0.346. The highest BCUT2D eigenvalue weighted by Gasteiger charge is 2.19. The smallest absolute Gasteiger partial charge is 0.257 e. The second kappa shape index (κ2) is 9.94. The number of hydrogen-bond acceptors (Lipinski definition) is 7. The molecule has 2 aromatic carbocycles. The number of aromatic nitrogens is 4. The summed E-state index contributed by atoms with van der Waals surface area (Å²) >= 11 is 1.61. The molecule has 5 rings (SSSR count). The highest BCUT2D eigenvalue weighted by Crippen LogP contribution is 2.31. The molecule has 1 atom stereocenters. The van der Waals surface area contributed by atoms with Crippen LogP contribution in [0.5, 0.6) is 0 Å². The molecule has 188 valence electrons. The Labute approximate surface area is 215 Å². The summed E-state index contributed by atoms with van der Waals surface area (Å²) in [5.74, 6) is -1.42. The molecule has 1 amide bonds. The summed E-state index contributed by atoms with van der Waals surface area (Å²) in [5.41, 5.74) is 8.60. The average molecular weight is 520 g/mol. The Hall–Kier alpha value is -4.38. The van der Waals surface area contributed by atoms with E-state index in [0.29, 0.717) is 29.3 Å². The summed E-state index contributed by atoms with van der Waals surface area (Å²) < 4.78 is 28.4. The molecule has 5 aromatic rings. The monoisotopic (exact) mass is 519 g/mol. The molecule has 0 saturated heterocycles. The number of halogens is 2. The second-order valence-electron chi connectivity index (χ2n) is 8.54. The molecule has 0 radical (unpaired) electrons. The molecule has 0 aliphatic carbocycles. The molecule has 0 saturated carbocycles. The van der Waals surface area contributed by atoms with E-state index in [1.54, 1.807) is 36.2 Å². The van der Waals surface area contributed by atoms with E-state index in [1.165, 1.54) is 12.4 Å². The number of amides is 1. The molecule has 0 bridgehead atoms. The minimum Gasteiger partial charge on any atom is -0.383 e. The van der Waals surface area contributed by atoms with E-state index in [9.17, 15) is 13.6 Å². The molecule has 0 aliphatic heterocycles. The molecule has 1 unspecified atom stereocenters. The Morgan fingerprint density at radius 3 is 2.76 bits per heavy atom. The van der Waals surface area contributed by atoms with Crippen molar-refractivity contribution in [3.63, 3.8) is 0 Å². The first kappa shape index (κ1) is 24.3. The lowest BCUT2D eigenvalue weighted by Crippen LogP contribution is -2.27. The topological polar surface area (TPSA) is 111 Å². The zero-order valence-electron chi connectivity index (χ0n) is 20.0. The van der Waals surface area contributed by atoms with E-state index in [0.717, 1.165) is 38.4 Å². The van der Waals surface area contributed by atoms with Gasteiger partial charge in [-0.25, -0.2) is 18.7 Å². The number of anilines is 2. The number of nitrogens with zero attached hydrogens (tertiary/aromatic N) is 4. The van der Waals surface area contributed by atoms with Crippen molar-refractivity contribution in [1.29, 1.82) is 0 Å². The number of fused-ring (bicyclic) bond motifs is 1. The van der Waals surface area contributed by atoms with E-state index in [4.69, 9.17) is 5.73 Å². The van der Waals surface area contributed by atoms with Crippen molar-refractivity contribution in [1.82, 2.24) is 25.1 Å². The summed E-state index contributed by atoms with van der Waals surface area (Å²) in [5, 5.41) is 11.2. The fourth-order valence-corrected chi connectivity index (χ4v) is 4.90. The standard InChI is InChI=1S/C26H23F2N7OS/c1-14(15-3-6-20(27)21(28)10-15)33-26(36)19-12-35(2)34-25(19)30-11-17-5-8-23(37-17)16-4-7-22-18(9-16)24(29)32-13-31-22/h3-10,12-14H,11H2,1-2H3,(H,30,34)(H,33,36)(H2,29,31,32). The van der Waals surface area contributed by atoms with E-state index in [1.807, 2.05) is 30.3 Å². The maximum absolute atomic E-state index is 13.6. The van der Waals surface area contributed by atoms with Crippen LogP contribution < -0.4 is 16.4 Å². The van der Waals surface area contributed by atoms with Gasteiger partial charge >= 0.3 is 0 Å². The van der Waals surface area contributed by atoms with Gasteiger partial charge in [0.2, 0.25) is 0 Å². The van der Waals surface area contributed by atoms with Crippen LogP contribution >= 0.6 is 11.3 Å². The van der Waals surface area contributed by atoms with Gasteiger partial charge in [0.15, 0.2) is 17.5 Å². The molecule has 3 heterocycles. The number of rotatable bonds is 7. The van der Waals surface area contributed by atoms with Crippen LogP contribution in [0.4, 0.5) is 20.4 Å². The summed E-state index contributed by atoms with van der Waals surface area (Å²) in [7, 11) is 1.72. The van der Waals surface area contributed by atoms with Gasteiger partial charge < -0.3 is 16.4 Å². The molecule has 0 spiro atoms. The summed E-state index contributed by atoms with van der Waals surface area (Å²) in [6.07, 6.45) is 3.05. The van der Waals surface area contributed by atoms with Gasteiger partial charge in [-0.1, -0.05) is 12.1 Å². The first-order valence-corrected chi connectivity index (χ1v) is 12.2. The van der Waals surface area contributed by atoms with E-state index < -0.39 is 17.7 Å². The van der Waals surface area contributed by atoms with Crippen molar-refractivity contribution in [2.24, 2.45) is 7.05 Å². The Morgan fingerprint density at radius 2 is 1.95 bits per heavy atom. The minimum atomic E-state index is -0.960. The Bertz CT molecular complexity index is 1610. The normalized spacial score (nSPS) is 12.0. The summed E-state index contributed by atoms with van der Waals surface area (Å²) in [6, 6.07) is 13.0. The third-order valence-electron chi connectivity index (χ3n) is 5.91. The van der Waals surface area contributed by atoms with E-state index in [-0.39, 0.29) is 5.91 Å². The second-order valence-corrected chi connectivity index (χ2v) is 9.71. The Morgan fingerprint density at radius 1 is 1.11 bits per heavy atom. The highest BCUT2D eigenvalue weighted by atomic mass is 32.1. The maximum Gasteiger partial charge on any atom is 0.257 e. The van der Waals surface area contributed by atoms with Crippen LogP contribution in [-0.4, -0.2) is 25.7 Å². The van der Waals surface area contributed by atoms with Crippen molar-refractivity contribution in [2.45, 2.75) is 19.5 Å². The van der Waals surface area contributed by atoms with Gasteiger partial charge in [0.1, 0.15) is 17.7 Å². The first-order chi connectivity index (χ1) is 17.8. The van der Waals surface area contributed by atoms with E-state index >= 15 is 0 Å². The zero-order chi connectivity index (χ0) is 26.1. The third-order valence-corrected chi connectivity index (χ3v) is 7.04. The van der Waals surface area contributed by atoms with Gasteiger partial charge in [-0.3, -0.25) is 9.48 Å². The van der Waals surface area contributed by atoms with E-state index in [2.05, 4.69) is 25.7 Å². The number of hydrogen-bond donors (Lipinski definition) is 3. The van der Waals surface area contributed by atoms with Crippen LogP contribution in [0.25, 0.3) is 21.3 Å². The number of benzene rings is 2. The number of thiophene rings is 1. The SMILES string of the molecule is CC(NC(=O)c1cn(C)nc1NCc1ccc(-c2ccc3ncnc(N)c3c2)s1)c1ccc(F)c(F)c1. The first-order valence-electron chi connectivity index (χ1n) is 11.4. The summed E-state index contributed by atoms with van der Waals surface area (Å²) in [4.78, 5) is 23.4. The average Bonchev–Trinajstić information content (AvgIpc) is 3.51. The largest absolute Gasteiger partial charge is 0.383 e. The van der Waals surface area contributed by atoms with Crippen LogP contribution in [0.15, 0.2) is 61.1 Å². The van der Waals surface area contributed by atoms with Gasteiger partial charge in [-0.2, -0.15) is 5.10 Å². The lowest BCUT2D eigenvalue weighted by atomic mass is 10.1. The quantitative estimate of drug-likeness (QED) is 0.277. The number of aryl methyl sites for hydroxylation is 1. The summed E-state index contributed by atoms with van der Waals surface area (Å²) in [6.45, 7) is 2.16. The molecule has 3 aromatic heterocycles. The number of nitrogen functional groups attached to an aromatic ring is 1. The van der Waals surface area contributed by atoms with Crippen LogP contribution in [0.2, 0.25) is 0 Å². The molecule has 0 aliphatic rings. The van der Waals surface area contributed by atoms with Gasteiger partial charge in [-0.15, -0.1) is 11.3 Å². The molecule has 8 nitrogen and oxygen atoms in total. The molecule has 11 heteroatoms. The van der Waals surface area contributed by atoms with Crippen molar-refractivity contribution < 1.29 is 13.6 Å². The molecule has 37 heavy (non-hydrogen) atoms. The van der Waals surface area contributed by atoms with Crippen LogP contribution in [0.1, 0.15) is 33.8 Å².